The van der Waals surface area contributed by atoms with Crippen molar-refractivity contribution in [1.29, 1.82) is 0 Å². The lowest BCUT2D eigenvalue weighted by Gasteiger charge is -2.15. The van der Waals surface area contributed by atoms with Gasteiger partial charge < -0.3 is 15.5 Å². The van der Waals surface area contributed by atoms with E-state index in [0.29, 0.717) is 25.3 Å². The lowest BCUT2D eigenvalue weighted by molar-refractivity contribution is -0.127. The van der Waals surface area contributed by atoms with Crippen LogP contribution in [-0.2, 0) is 9.59 Å². The van der Waals surface area contributed by atoms with Crippen molar-refractivity contribution in [2.45, 2.75) is 19.8 Å². The van der Waals surface area contributed by atoms with E-state index in [1.807, 2.05) is 42.5 Å². The number of carbonyl (C=O) groups excluding carboxylic acids is 3. The summed E-state index contributed by atoms with van der Waals surface area (Å²) in [6.45, 7) is 3.12. The molecule has 2 aromatic carbocycles. The first-order valence-corrected chi connectivity index (χ1v) is 10.2. The standard InChI is InChI=1S/C22H24N6O3/c1-14(29)24-17-5-2-4-15(12-17)16-7-8-18-19(13-16)26-27-21(18)25-22(31)23-9-11-28-10-3-6-20(28)30/h2,4-5,7-8,12-13H,3,6,9-11H2,1H3,(H,24,29)(H3,23,25,26,27,31). The van der Waals surface area contributed by atoms with Crippen LogP contribution in [0.1, 0.15) is 19.8 Å². The van der Waals surface area contributed by atoms with Crippen molar-refractivity contribution in [3.05, 3.63) is 42.5 Å². The van der Waals surface area contributed by atoms with Crippen LogP contribution in [0, 0.1) is 0 Å². The smallest absolute Gasteiger partial charge is 0.320 e. The van der Waals surface area contributed by atoms with Crippen molar-refractivity contribution in [2.75, 3.05) is 30.3 Å². The highest BCUT2D eigenvalue weighted by Gasteiger charge is 2.19. The molecule has 9 nitrogen and oxygen atoms in total. The number of aromatic amines is 1. The summed E-state index contributed by atoms with van der Waals surface area (Å²) in [6.07, 6.45) is 1.47. The van der Waals surface area contributed by atoms with E-state index in [0.717, 1.165) is 40.7 Å². The number of benzene rings is 2. The Labute approximate surface area is 179 Å². The Morgan fingerprint density at radius 3 is 2.74 bits per heavy atom. The number of nitrogens with zero attached hydrogens (tertiary/aromatic N) is 2. The predicted molar refractivity (Wildman–Crippen MR) is 119 cm³/mol. The average Bonchev–Trinajstić information content (AvgIpc) is 3.33. The van der Waals surface area contributed by atoms with E-state index in [1.54, 1.807) is 4.90 Å². The largest absolute Gasteiger partial charge is 0.341 e. The minimum Gasteiger partial charge on any atom is -0.341 e. The maximum absolute atomic E-state index is 12.2. The van der Waals surface area contributed by atoms with Gasteiger partial charge in [-0.15, -0.1) is 0 Å². The molecule has 1 aliphatic heterocycles. The highest BCUT2D eigenvalue weighted by Crippen LogP contribution is 2.28. The lowest BCUT2D eigenvalue weighted by Crippen LogP contribution is -2.37. The molecule has 0 spiro atoms. The molecule has 1 aliphatic rings. The molecule has 4 amide bonds. The maximum atomic E-state index is 12.2. The number of H-pyrrole nitrogens is 1. The van der Waals surface area contributed by atoms with Crippen LogP contribution >= 0.6 is 0 Å². The van der Waals surface area contributed by atoms with Crippen molar-refractivity contribution in [2.24, 2.45) is 0 Å². The SMILES string of the molecule is CC(=O)Nc1cccc(-c2ccc3c(NC(=O)NCCN4CCCC4=O)n[nH]c3c2)c1. The molecule has 0 unspecified atom stereocenters. The van der Waals surface area contributed by atoms with Gasteiger partial charge in [0.25, 0.3) is 0 Å². The van der Waals surface area contributed by atoms with E-state index in [9.17, 15) is 14.4 Å². The third-order valence-electron chi connectivity index (χ3n) is 5.15. The van der Waals surface area contributed by atoms with Gasteiger partial charge in [0.2, 0.25) is 11.8 Å². The Hall–Kier alpha value is -3.88. The van der Waals surface area contributed by atoms with Crippen molar-refractivity contribution in [3.8, 4) is 11.1 Å². The zero-order valence-corrected chi connectivity index (χ0v) is 17.2. The van der Waals surface area contributed by atoms with Gasteiger partial charge >= 0.3 is 6.03 Å². The fourth-order valence-corrected chi connectivity index (χ4v) is 3.67. The molecule has 4 N–H and O–H groups in total. The second-order valence-electron chi connectivity index (χ2n) is 7.46. The topological polar surface area (TPSA) is 119 Å². The molecule has 0 saturated carbocycles. The highest BCUT2D eigenvalue weighted by molar-refractivity contribution is 6.00. The minimum absolute atomic E-state index is 0.123. The first-order chi connectivity index (χ1) is 15.0. The quantitative estimate of drug-likeness (QED) is 0.490. The number of aromatic nitrogens is 2. The van der Waals surface area contributed by atoms with E-state index in [2.05, 4.69) is 26.1 Å². The van der Waals surface area contributed by atoms with Crippen molar-refractivity contribution < 1.29 is 14.4 Å². The summed E-state index contributed by atoms with van der Waals surface area (Å²) in [4.78, 5) is 36.9. The third-order valence-corrected chi connectivity index (χ3v) is 5.15. The molecule has 0 aliphatic carbocycles. The van der Waals surface area contributed by atoms with Crippen LogP contribution in [0.5, 0.6) is 0 Å². The monoisotopic (exact) mass is 420 g/mol. The second-order valence-corrected chi connectivity index (χ2v) is 7.46. The molecule has 9 heteroatoms. The first kappa shape index (κ1) is 20.4. The Kier molecular flexibility index (Phi) is 5.83. The van der Waals surface area contributed by atoms with Crippen LogP contribution in [-0.4, -0.2) is 52.6 Å². The molecule has 0 radical (unpaired) electrons. The summed E-state index contributed by atoms with van der Waals surface area (Å²) < 4.78 is 0. The molecule has 0 bridgehead atoms. The van der Waals surface area contributed by atoms with Gasteiger partial charge in [0.05, 0.1) is 5.52 Å². The Morgan fingerprint density at radius 1 is 1.13 bits per heavy atom. The molecule has 4 rings (SSSR count). The van der Waals surface area contributed by atoms with E-state index in [1.165, 1.54) is 6.92 Å². The number of carbonyl (C=O) groups is 3. The number of likely N-dealkylation sites (tertiary alicyclic amines) is 1. The van der Waals surface area contributed by atoms with Gasteiger partial charge in [-0.25, -0.2) is 4.79 Å². The van der Waals surface area contributed by atoms with Crippen molar-refractivity contribution in [3.63, 3.8) is 0 Å². The fraction of sp³-hybridized carbons (Fsp3) is 0.273. The van der Waals surface area contributed by atoms with Gasteiger partial charge in [-0.3, -0.25) is 20.0 Å². The van der Waals surface area contributed by atoms with Gasteiger partial charge in [0, 0.05) is 44.1 Å². The van der Waals surface area contributed by atoms with Crippen LogP contribution in [0.2, 0.25) is 0 Å². The molecule has 1 aromatic heterocycles. The molecule has 2 heterocycles. The molecule has 31 heavy (non-hydrogen) atoms. The van der Waals surface area contributed by atoms with E-state index in [4.69, 9.17) is 0 Å². The zero-order valence-electron chi connectivity index (χ0n) is 17.2. The van der Waals surface area contributed by atoms with Crippen LogP contribution in [0.4, 0.5) is 16.3 Å². The summed E-state index contributed by atoms with van der Waals surface area (Å²) in [5.74, 6) is 0.449. The minimum atomic E-state index is -0.368. The number of rotatable bonds is 6. The molecule has 0 atom stereocenters. The number of hydrogen-bond donors (Lipinski definition) is 4. The summed E-state index contributed by atoms with van der Waals surface area (Å²) in [5, 5.41) is 16.2. The third kappa shape index (κ3) is 4.82. The van der Waals surface area contributed by atoms with Gasteiger partial charge in [-0.1, -0.05) is 18.2 Å². The Morgan fingerprint density at radius 2 is 1.97 bits per heavy atom. The average molecular weight is 420 g/mol. The number of amides is 4. The van der Waals surface area contributed by atoms with Crippen LogP contribution < -0.4 is 16.0 Å². The summed E-state index contributed by atoms with van der Waals surface area (Å²) in [6, 6.07) is 13.0. The molecule has 1 fully saturated rings. The molecular formula is C22H24N6O3. The summed E-state index contributed by atoms with van der Waals surface area (Å²) in [7, 11) is 0. The van der Waals surface area contributed by atoms with Gasteiger partial charge in [0.15, 0.2) is 5.82 Å². The number of fused-ring (bicyclic) bond motifs is 1. The van der Waals surface area contributed by atoms with Crippen LogP contribution in [0.15, 0.2) is 42.5 Å². The van der Waals surface area contributed by atoms with Gasteiger partial charge in [0.1, 0.15) is 0 Å². The Balaban J connectivity index is 1.41. The van der Waals surface area contributed by atoms with Crippen molar-refractivity contribution in [1.82, 2.24) is 20.4 Å². The summed E-state index contributed by atoms with van der Waals surface area (Å²) in [5.41, 5.74) is 3.41. The van der Waals surface area contributed by atoms with Crippen LogP contribution in [0.25, 0.3) is 22.0 Å². The molecular weight excluding hydrogens is 396 g/mol. The fourth-order valence-electron chi connectivity index (χ4n) is 3.67. The number of anilines is 2. The first-order valence-electron chi connectivity index (χ1n) is 10.2. The molecule has 160 valence electrons. The van der Waals surface area contributed by atoms with Gasteiger partial charge in [-0.05, 0) is 41.8 Å². The Bertz CT molecular complexity index is 1140. The highest BCUT2D eigenvalue weighted by atomic mass is 16.2. The predicted octanol–water partition coefficient (Wildman–Crippen LogP) is 2.93. The lowest BCUT2D eigenvalue weighted by atomic mass is 10.0. The second kappa shape index (κ2) is 8.86. The van der Waals surface area contributed by atoms with E-state index >= 15 is 0 Å². The van der Waals surface area contributed by atoms with Crippen molar-refractivity contribution >= 4 is 40.3 Å². The zero-order chi connectivity index (χ0) is 21.8. The summed E-state index contributed by atoms with van der Waals surface area (Å²) >= 11 is 0. The number of hydrogen-bond acceptors (Lipinski definition) is 4. The maximum Gasteiger partial charge on any atom is 0.320 e. The number of nitrogens with one attached hydrogen (secondary N) is 4. The van der Waals surface area contributed by atoms with E-state index in [-0.39, 0.29) is 17.8 Å². The van der Waals surface area contributed by atoms with Gasteiger partial charge in [-0.2, -0.15) is 5.10 Å². The molecule has 1 saturated heterocycles. The van der Waals surface area contributed by atoms with E-state index < -0.39 is 0 Å². The van der Waals surface area contributed by atoms with Crippen LogP contribution in [0.3, 0.4) is 0 Å². The normalized spacial score (nSPS) is 13.5. The number of urea groups is 1. The molecule has 3 aromatic rings.